The van der Waals surface area contributed by atoms with Crippen molar-refractivity contribution in [1.29, 1.82) is 0 Å². The molecule has 0 radical (unpaired) electrons. The van der Waals surface area contributed by atoms with Crippen LogP contribution >= 0.6 is 15.9 Å². The van der Waals surface area contributed by atoms with Crippen LogP contribution in [0.4, 0.5) is 0 Å². The predicted molar refractivity (Wildman–Crippen MR) is 82.1 cm³/mol. The number of ketones is 1. The van der Waals surface area contributed by atoms with E-state index in [9.17, 15) is 4.79 Å². The Labute approximate surface area is 127 Å². The highest BCUT2D eigenvalue weighted by Crippen LogP contribution is 2.23. The molecule has 0 fully saturated rings. The van der Waals surface area contributed by atoms with Gasteiger partial charge in [-0.3, -0.25) is 14.5 Å². The fourth-order valence-electron chi connectivity index (χ4n) is 2.27. The van der Waals surface area contributed by atoms with Crippen molar-refractivity contribution in [2.45, 2.75) is 40.7 Å². The van der Waals surface area contributed by atoms with Crippen LogP contribution in [0.3, 0.4) is 0 Å². The van der Waals surface area contributed by atoms with Crippen molar-refractivity contribution < 1.29 is 4.79 Å². The molecule has 2 aromatic rings. The Kier molecular flexibility index (Phi) is 4.38. The standard InChI is InChI=1S/C15H18BrN3O/c1-5-19-13(15(16)11(4)18-19)8-14(20)12-7-6-9(2)17-10(12)3/h6-7H,5,8H2,1-4H3. The van der Waals surface area contributed by atoms with Crippen molar-refractivity contribution in [1.82, 2.24) is 14.8 Å². The van der Waals surface area contributed by atoms with Gasteiger partial charge in [0, 0.05) is 23.5 Å². The molecule has 0 atom stereocenters. The second-order valence-corrected chi connectivity index (χ2v) is 5.64. The average Bonchev–Trinajstić information content (AvgIpc) is 2.66. The average molecular weight is 336 g/mol. The van der Waals surface area contributed by atoms with E-state index in [-0.39, 0.29) is 5.78 Å². The molecule has 20 heavy (non-hydrogen) atoms. The number of halogens is 1. The van der Waals surface area contributed by atoms with Crippen molar-refractivity contribution in [2.75, 3.05) is 0 Å². The normalized spacial score (nSPS) is 10.8. The predicted octanol–water partition coefficient (Wildman–Crippen LogP) is 3.41. The van der Waals surface area contributed by atoms with Gasteiger partial charge in [0.25, 0.3) is 0 Å². The molecule has 4 nitrogen and oxygen atoms in total. The van der Waals surface area contributed by atoms with Crippen molar-refractivity contribution in [3.05, 3.63) is 44.9 Å². The van der Waals surface area contributed by atoms with Gasteiger partial charge in [-0.05, 0) is 55.8 Å². The number of aromatic nitrogens is 3. The maximum atomic E-state index is 12.5. The molecule has 2 heterocycles. The number of hydrogen-bond acceptors (Lipinski definition) is 3. The van der Waals surface area contributed by atoms with Crippen molar-refractivity contribution in [3.8, 4) is 0 Å². The van der Waals surface area contributed by atoms with Crippen molar-refractivity contribution in [3.63, 3.8) is 0 Å². The first-order chi connectivity index (χ1) is 9.43. The van der Waals surface area contributed by atoms with Crippen LogP contribution in [0.5, 0.6) is 0 Å². The van der Waals surface area contributed by atoms with E-state index in [1.165, 1.54) is 0 Å². The molecule has 0 aromatic carbocycles. The molecular weight excluding hydrogens is 318 g/mol. The number of rotatable bonds is 4. The quantitative estimate of drug-likeness (QED) is 0.804. The topological polar surface area (TPSA) is 47.8 Å². The zero-order valence-corrected chi connectivity index (χ0v) is 13.8. The van der Waals surface area contributed by atoms with Crippen molar-refractivity contribution in [2.24, 2.45) is 0 Å². The lowest BCUT2D eigenvalue weighted by Crippen LogP contribution is -2.12. The molecule has 0 bridgehead atoms. The number of Topliss-reactive ketones (excluding diaryl/α,β-unsaturated/α-hetero) is 1. The molecule has 0 amide bonds. The zero-order valence-electron chi connectivity index (χ0n) is 12.2. The fourth-order valence-corrected chi connectivity index (χ4v) is 2.69. The van der Waals surface area contributed by atoms with E-state index in [0.29, 0.717) is 12.0 Å². The summed E-state index contributed by atoms with van der Waals surface area (Å²) < 4.78 is 2.79. The Balaban J connectivity index is 2.32. The van der Waals surface area contributed by atoms with Crippen molar-refractivity contribution >= 4 is 21.7 Å². The second-order valence-electron chi connectivity index (χ2n) is 4.85. The monoisotopic (exact) mass is 335 g/mol. The smallest absolute Gasteiger partial charge is 0.170 e. The third-order valence-corrected chi connectivity index (χ3v) is 4.34. The molecule has 0 unspecified atom stereocenters. The summed E-state index contributed by atoms with van der Waals surface area (Å²) in [5, 5.41) is 4.41. The Morgan fingerprint density at radius 3 is 2.55 bits per heavy atom. The van der Waals surface area contributed by atoms with Crippen LogP contribution in [-0.4, -0.2) is 20.5 Å². The summed E-state index contributed by atoms with van der Waals surface area (Å²) in [5.41, 5.74) is 4.23. The summed E-state index contributed by atoms with van der Waals surface area (Å²) in [6, 6.07) is 3.73. The molecular formula is C15H18BrN3O. The molecule has 0 saturated carbocycles. The molecule has 0 aliphatic heterocycles. The maximum Gasteiger partial charge on any atom is 0.170 e. The summed E-state index contributed by atoms with van der Waals surface area (Å²) in [5.74, 6) is 0.0744. The minimum absolute atomic E-state index is 0.0744. The number of carbonyl (C=O) groups excluding carboxylic acids is 1. The van der Waals surface area contributed by atoms with Gasteiger partial charge in [0.1, 0.15) is 0 Å². The number of nitrogens with zero attached hydrogens (tertiary/aromatic N) is 3. The number of aryl methyl sites for hydroxylation is 4. The first kappa shape index (κ1) is 14.9. The van der Waals surface area contributed by atoms with Crippen LogP contribution in [0.1, 0.15) is 40.1 Å². The summed E-state index contributed by atoms with van der Waals surface area (Å²) in [6.45, 7) is 8.50. The largest absolute Gasteiger partial charge is 0.294 e. The summed E-state index contributed by atoms with van der Waals surface area (Å²) in [7, 11) is 0. The summed E-state index contributed by atoms with van der Waals surface area (Å²) >= 11 is 3.52. The molecule has 2 aromatic heterocycles. The van der Waals surface area contributed by atoms with Crippen LogP contribution in [0, 0.1) is 20.8 Å². The molecule has 0 saturated heterocycles. The number of hydrogen-bond donors (Lipinski definition) is 0. The molecule has 0 aliphatic rings. The van der Waals surface area contributed by atoms with Gasteiger partial charge in [0.05, 0.1) is 22.3 Å². The van der Waals surface area contributed by atoms with Crippen LogP contribution in [0.25, 0.3) is 0 Å². The highest BCUT2D eigenvalue weighted by atomic mass is 79.9. The fraction of sp³-hybridized carbons (Fsp3) is 0.400. The van der Waals surface area contributed by atoms with E-state index >= 15 is 0 Å². The highest BCUT2D eigenvalue weighted by molar-refractivity contribution is 9.10. The first-order valence-electron chi connectivity index (χ1n) is 6.63. The highest BCUT2D eigenvalue weighted by Gasteiger charge is 2.18. The molecule has 0 spiro atoms. The SMILES string of the molecule is CCn1nc(C)c(Br)c1CC(=O)c1ccc(C)nc1C. The third-order valence-electron chi connectivity index (χ3n) is 3.31. The van der Waals surface area contributed by atoms with Gasteiger partial charge in [-0.2, -0.15) is 5.10 Å². The van der Waals surface area contributed by atoms with Crippen LogP contribution in [0.2, 0.25) is 0 Å². The number of pyridine rings is 1. The zero-order chi connectivity index (χ0) is 14.9. The van der Waals surface area contributed by atoms with E-state index in [1.807, 2.05) is 44.5 Å². The maximum absolute atomic E-state index is 12.5. The van der Waals surface area contributed by atoms with Gasteiger partial charge >= 0.3 is 0 Å². The Bertz CT molecular complexity index is 661. The third kappa shape index (κ3) is 2.82. The van der Waals surface area contributed by atoms with Gasteiger partial charge in [-0.1, -0.05) is 0 Å². The molecule has 5 heteroatoms. The van der Waals surface area contributed by atoms with Gasteiger partial charge in [0.15, 0.2) is 5.78 Å². The molecule has 0 aliphatic carbocycles. The molecule has 2 rings (SSSR count). The minimum Gasteiger partial charge on any atom is -0.294 e. The van der Waals surface area contributed by atoms with Gasteiger partial charge in [0.2, 0.25) is 0 Å². The van der Waals surface area contributed by atoms with E-state index < -0.39 is 0 Å². The molecule has 106 valence electrons. The van der Waals surface area contributed by atoms with E-state index in [2.05, 4.69) is 26.0 Å². The summed E-state index contributed by atoms with van der Waals surface area (Å²) in [4.78, 5) is 16.8. The van der Waals surface area contributed by atoms with Gasteiger partial charge in [-0.25, -0.2) is 0 Å². The lowest BCUT2D eigenvalue weighted by molar-refractivity contribution is 0.0989. The van der Waals surface area contributed by atoms with E-state index in [4.69, 9.17) is 0 Å². The van der Waals surface area contributed by atoms with Crippen LogP contribution < -0.4 is 0 Å². The lowest BCUT2D eigenvalue weighted by Gasteiger charge is -2.07. The Hall–Kier alpha value is -1.49. The Morgan fingerprint density at radius 2 is 1.95 bits per heavy atom. The lowest BCUT2D eigenvalue weighted by atomic mass is 10.0. The summed E-state index contributed by atoms with van der Waals surface area (Å²) in [6.07, 6.45) is 0.334. The van der Waals surface area contributed by atoms with E-state index in [1.54, 1.807) is 0 Å². The number of carbonyl (C=O) groups is 1. The van der Waals surface area contributed by atoms with E-state index in [0.717, 1.165) is 33.8 Å². The molecule has 0 N–H and O–H groups in total. The minimum atomic E-state index is 0.0744. The van der Waals surface area contributed by atoms with Crippen LogP contribution in [0.15, 0.2) is 16.6 Å². The van der Waals surface area contributed by atoms with Crippen LogP contribution in [-0.2, 0) is 13.0 Å². The van der Waals surface area contributed by atoms with Gasteiger partial charge in [-0.15, -0.1) is 0 Å². The second kappa shape index (κ2) is 5.87. The Morgan fingerprint density at radius 1 is 1.25 bits per heavy atom. The van der Waals surface area contributed by atoms with Gasteiger partial charge < -0.3 is 0 Å². The first-order valence-corrected chi connectivity index (χ1v) is 7.42.